The van der Waals surface area contributed by atoms with Gasteiger partial charge in [0.15, 0.2) is 0 Å². The third kappa shape index (κ3) is 5.56. The Hall–Kier alpha value is -4.79. The van der Waals surface area contributed by atoms with E-state index >= 15 is 0 Å². The van der Waals surface area contributed by atoms with Crippen LogP contribution in [-0.4, -0.2) is 26.3 Å². The number of nitro benzene ring substituents is 1. The van der Waals surface area contributed by atoms with Gasteiger partial charge in [0.25, 0.3) is 17.2 Å². The van der Waals surface area contributed by atoms with Gasteiger partial charge in [0.1, 0.15) is 0 Å². The van der Waals surface area contributed by atoms with Gasteiger partial charge in [-0.3, -0.25) is 24.8 Å². The Morgan fingerprint density at radius 1 is 1.00 bits per heavy atom. The van der Waals surface area contributed by atoms with E-state index in [0.29, 0.717) is 29.1 Å². The van der Waals surface area contributed by atoms with Crippen molar-refractivity contribution < 1.29 is 9.72 Å². The average Bonchev–Trinajstić information content (AvgIpc) is 3.24. The number of nitro groups is 1. The highest BCUT2D eigenvalue weighted by Gasteiger charge is 2.23. The number of nitrogens with zero attached hydrogens (tertiary/aromatic N) is 3. The van der Waals surface area contributed by atoms with Gasteiger partial charge < -0.3 is 0 Å². The fraction of sp³-hybridized carbons (Fsp3) is 0.179. The molecular formula is C28H27N5O4. The van der Waals surface area contributed by atoms with Crippen LogP contribution >= 0.6 is 0 Å². The summed E-state index contributed by atoms with van der Waals surface area (Å²) in [5.41, 5.74) is 5.74. The number of aryl methyl sites for hydroxylation is 1. The highest BCUT2D eigenvalue weighted by molar-refractivity contribution is 6.00. The van der Waals surface area contributed by atoms with Crippen molar-refractivity contribution in [3.05, 3.63) is 128 Å². The Morgan fingerprint density at radius 3 is 2.08 bits per heavy atom. The molecule has 37 heavy (non-hydrogen) atoms. The molecule has 1 heterocycles. The van der Waals surface area contributed by atoms with Crippen molar-refractivity contribution in [2.45, 2.75) is 32.6 Å². The van der Waals surface area contributed by atoms with Crippen LogP contribution < -0.4 is 11.0 Å². The molecule has 2 N–H and O–H groups in total. The molecule has 0 aliphatic rings. The largest absolute Gasteiger partial charge is 0.294 e. The normalized spacial score (nSPS) is 11.5. The minimum Gasteiger partial charge on any atom is -0.294 e. The number of hydrogen-bond donors (Lipinski definition) is 2. The lowest BCUT2D eigenvalue weighted by Gasteiger charge is -2.16. The summed E-state index contributed by atoms with van der Waals surface area (Å²) >= 11 is 0. The second-order valence-electron chi connectivity index (χ2n) is 8.56. The maximum Gasteiger partial charge on any atom is 0.280 e. The van der Waals surface area contributed by atoms with Crippen molar-refractivity contribution in [1.82, 2.24) is 15.2 Å². The standard InChI is InChI=1S/C28H27N5O4/c1-3-10-24-25(28(35)32(31-24)22-15-17-23(18-16-22)33(36)37)19(2)29-30-27(34)26(20-11-6-4-7-12-20)21-13-8-5-9-14-21/h4-9,11-18,26,31H,3,10H2,1-2H3,(H,30,34). The SMILES string of the molecule is CCCc1[nH]n(-c2ccc([N+](=O)[O-])cc2)c(=O)c1C(C)=NNC(=O)C(c1ccccc1)c1ccccc1. The number of benzene rings is 3. The zero-order valence-electron chi connectivity index (χ0n) is 20.5. The molecule has 0 unspecified atom stereocenters. The van der Waals surface area contributed by atoms with Crippen LogP contribution in [0, 0.1) is 10.1 Å². The smallest absolute Gasteiger partial charge is 0.280 e. The lowest BCUT2D eigenvalue weighted by atomic mass is 9.91. The molecule has 0 fully saturated rings. The highest BCUT2D eigenvalue weighted by atomic mass is 16.6. The van der Waals surface area contributed by atoms with Gasteiger partial charge in [-0.2, -0.15) is 5.10 Å². The van der Waals surface area contributed by atoms with Gasteiger partial charge in [0.2, 0.25) is 0 Å². The van der Waals surface area contributed by atoms with Crippen LogP contribution in [0.3, 0.4) is 0 Å². The van der Waals surface area contributed by atoms with Gasteiger partial charge in [0.05, 0.1) is 27.8 Å². The number of non-ortho nitro benzene ring substituents is 1. The fourth-order valence-electron chi connectivity index (χ4n) is 4.24. The van der Waals surface area contributed by atoms with Gasteiger partial charge in [0, 0.05) is 17.8 Å². The molecule has 1 amide bonds. The van der Waals surface area contributed by atoms with Crippen molar-refractivity contribution in [1.29, 1.82) is 0 Å². The predicted octanol–water partition coefficient (Wildman–Crippen LogP) is 4.70. The Kier molecular flexibility index (Phi) is 7.73. The molecule has 0 atom stereocenters. The summed E-state index contributed by atoms with van der Waals surface area (Å²) in [7, 11) is 0. The van der Waals surface area contributed by atoms with Gasteiger partial charge in [-0.25, -0.2) is 10.1 Å². The number of nitrogens with one attached hydrogen (secondary N) is 2. The van der Waals surface area contributed by atoms with Crippen molar-refractivity contribution in [3.8, 4) is 5.69 Å². The molecule has 9 nitrogen and oxygen atoms in total. The van der Waals surface area contributed by atoms with Crippen LogP contribution in [0.25, 0.3) is 5.69 Å². The summed E-state index contributed by atoms with van der Waals surface area (Å²) in [6, 6.07) is 24.6. The molecule has 3 aromatic carbocycles. The fourth-order valence-corrected chi connectivity index (χ4v) is 4.24. The number of H-pyrrole nitrogens is 1. The second-order valence-corrected chi connectivity index (χ2v) is 8.56. The zero-order valence-corrected chi connectivity index (χ0v) is 20.5. The molecule has 0 aliphatic heterocycles. The number of aromatic nitrogens is 2. The van der Waals surface area contributed by atoms with Gasteiger partial charge >= 0.3 is 0 Å². The molecule has 0 radical (unpaired) electrons. The molecule has 0 aliphatic carbocycles. The molecule has 0 saturated heterocycles. The Labute approximate surface area is 213 Å². The lowest BCUT2D eigenvalue weighted by Crippen LogP contribution is -2.28. The first-order valence-corrected chi connectivity index (χ1v) is 11.9. The maximum absolute atomic E-state index is 13.4. The maximum atomic E-state index is 13.4. The third-order valence-corrected chi connectivity index (χ3v) is 6.01. The van der Waals surface area contributed by atoms with E-state index in [4.69, 9.17) is 0 Å². The minimum atomic E-state index is -0.572. The number of hydrazone groups is 1. The van der Waals surface area contributed by atoms with E-state index in [-0.39, 0.29) is 17.2 Å². The summed E-state index contributed by atoms with van der Waals surface area (Å²) in [6.07, 6.45) is 1.36. The van der Waals surface area contributed by atoms with Crippen LogP contribution in [0.4, 0.5) is 5.69 Å². The van der Waals surface area contributed by atoms with E-state index in [0.717, 1.165) is 17.5 Å². The molecule has 0 bridgehead atoms. The third-order valence-electron chi connectivity index (χ3n) is 6.01. The molecule has 4 aromatic rings. The number of carbonyl (C=O) groups is 1. The first-order valence-electron chi connectivity index (χ1n) is 11.9. The number of aromatic amines is 1. The van der Waals surface area contributed by atoms with Crippen LogP contribution in [-0.2, 0) is 11.2 Å². The second kappa shape index (κ2) is 11.3. The molecule has 9 heteroatoms. The van der Waals surface area contributed by atoms with Crippen LogP contribution in [0.2, 0.25) is 0 Å². The summed E-state index contributed by atoms with van der Waals surface area (Å²) in [5.74, 6) is -0.892. The van der Waals surface area contributed by atoms with Gasteiger partial charge in [-0.1, -0.05) is 74.0 Å². The molecule has 0 spiro atoms. The number of rotatable bonds is 9. The first kappa shape index (κ1) is 25.3. The minimum absolute atomic E-state index is 0.0656. The van der Waals surface area contributed by atoms with Crippen molar-refractivity contribution in [2.24, 2.45) is 5.10 Å². The monoisotopic (exact) mass is 497 g/mol. The topological polar surface area (TPSA) is 122 Å². The number of hydrogen-bond acceptors (Lipinski definition) is 5. The Morgan fingerprint density at radius 2 is 1.57 bits per heavy atom. The average molecular weight is 498 g/mol. The predicted molar refractivity (Wildman–Crippen MR) is 142 cm³/mol. The number of carbonyl (C=O) groups excluding carboxylic acids is 1. The zero-order chi connectivity index (χ0) is 26.4. The first-order chi connectivity index (χ1) is 17.9. The summed E-state index contributed by atoms with van der Waals surface area (Å²) in [5, 5.41) is 18.4. The highest BCUT2D eigenvalue weighted by Crippen LogP contribution is 2.25. The number of amides is 1. The van der Waals surface area contributed by atoms with E-state index < -0.39 is 10.8 Å². The van der Waals surface area contributed by atoms with Crippen LogP contribution in [0.15, 0.2) is 94.8 Å². The molecule has 1 aromatic heterocycles. The summed E-state index contributed by atoms with van der Waals surface area (Å²) in [4.78, 5) is 37.2. The Balaban J connectivity index is 1.66. The van der Waals surface area contributed by atoms with Crippen molar-refractivity contribution in [3.63, 3.8) is 0 Å². The molecule has 188 valence electrons. The Bertz CT molecular complexity index is 1430. The molecule has 4 rings (SSSR count). The van der Waals surface area contributed by atoms with Crippen LogP contribution in [0.5, 0.6) is 0 Å². The molecular weight excluding hydrogens is 470 g/mol. The molecule has 0 saturated carbocycles. The van der Waals surface area contributed by atoms with Crippen molar-refractivity contribution in [2.75, 3.05) is 0 Å². The van der Waals surface area contributed by atoms with E-state index in [9.17, 15) is 19.7 Å². The van der Waals surface area contributed by atoms with Gasteiger partial charge in [-0.15, -0.1) is 0 Å². The van der Waals surface area contributed by atoms with E-state index in [1.165, 1.54) is 28.9 Å². The van der Waals surface area contributed by atoms with E-state index in [1.807, 2.05) is 67.6 Å². The van der Waals surface area contributed by atoms with Gasteiger partial charge in [-0.05, 0) is 36.6 Å². The summed E-state index contributed by atoms with van der Waals surface area (Å²) < 4.78 is 1.33. The lowest BCUT2D eigenvalue weighted by molar-refractivity contribution is -0.384. The quantitative estimate of drug-likeness (QED) is 0.198. The van der Waals surface area contributed by atoms with Crippen molar-refractivity contribution >= 4 is 17.3 Å². The van der Waals surface area contributed by atoms with E-state index in [2.05, 4.69) is 15.6 Å². The summed E-state index contributed by atoms with van der Waals surface area (Å²) in [6.45, 7) is 3.66. The van der Waals surface area contributed by atoms with E-state index in [1.54, 1.807) is 6.92 Å². The van der Waals surface area contributed by atoms with Crippen LogP contribution in [0.1, 0.15) is 48.6 Å².